The van der Waals surface area contributed by atoms with Gasteiger partial charge in [-0.1, -0.05) is 0 Å². The van der Waals surface area contributed by atoms with E-state index < -0.39 is 11.8 Å². The van der Waals surface area contributed by atoms with E-state index in [2.05, 4.69) is 5.32 Å². The molecule has 0 aromatic heterocycles. The first-order valence-corrected chi connectivity index (χ1v) is 6.32. The van der Waals surface area contributed by atoms with E-state index in [1.54, 1.807) is 0 Å². The summed E-state index contributed by atoms with van der Waals surface area (Å²) >= 11 is 0. The van der Waals surface area contributed by atoms with Crippen molar-refractivity contribution in [1.29, 1.82) is 0 Å². The van der Waals surface area contributed by atoms with Gasteiger partial charge in [0.1, 0.15) is 11.6 Å². The predicted molar refractivity (Wildman–Crippen MR) is 76.5 cm³/mol. The van der Waals surface area contributed by atoms with Crippen LogP contribution in [-0.2, 0) is 9.59 Å². The lowest BCUT2D eigenvalue weighted by molar-refractivity contribution is -0.131. The zero-order valence-corrected chi connectivity index (χ0v) is 12.1. The third kappa shape index (κ3) is 6.56. The van der Waals surface area contributed by atoms with Crippen molar-refractivity contribution in [2.45, 2.75) is 26.3 Å². The molecule has 0 radical (unpaired) electrons. The van der Waals surface area contributed by atoms with E-state index in [1.165, 1.54) is 18.2 Å². The summed E-state index contributed by atoms with van der Waals surface area (Å²) < 4.78 is 18.5. The Hall–Kier alpha value is -2.37. The molecule has 0 aliphatic heterocycles. The molecule has 0 heterocycles. The molecular weight excluding hydrogens is 277 g/mol. The van der Waals surface area contributed by atoms with Crippen molar-refractivity contribution in [3.63, 3.8) is 0 Å². The number of halogens is 1. The molecule has 0 saturated carbocycles. The van der Waals surface area contributed by atoms with Gasteiger partial charge >= 0.3 is 5.97 Å². The molecule has 0 atom stereocenters. The normalized spacial score (nSPS) is 11.4. The van der Waals surface area contributed by atoms with Gasteiger partial charge in [0, 0.05) is 17.2 Å². The average Bonchev–Trinajstić information content (AvgIpc) is 2.33. The number of rotatable bonds is 5. The summed E-state index contributed by atoms with van der Waals surface area (Å²) in [5, 5.41) is 11.3. The molecule has 1 aromatic carbocycles. The molecule has 1 aromatic rings. The fraction of sp³-hybridized carbons (Fsp3) is 0.333. The first kappa shape index (κ1) is 16.7. The number of carboxylic acids is 1. The molecule has 1 rings (SSSR count). The summed E-state index contributed by atoms with van der Waals surface area (Å²) in [6.45, 7) is 5.27. The van der Waals surface area contributed by atoms with E-state index in [-0.39, 0.29) is 29.4 Å². The van der Waals surface area contributed by atoms with Crippen molar-refractivity contribution >= 4 is 18.0 Å². The molecule has 1 amide bonds. The minimum atomic E-state index is -1.16. The zero-order valence-electron chi connectivity index (χ0n) is 12.1. The highest BCUT2D eigenvalue weighted by Crippen LogP contribution is 2.21. The van der Waals surface area contributed by atoms with Crippen LogP contribution < -0.4 is 10.1 Å². The third-order valence-corrected chi connectivity index (χ3v) is 2.25. The number of benzene rings is 1. The van der Waals surface area contributed by atoms with Crippen molar-refractivity contribution in [3.8, 4) is 5.75 Å². The lowest BCUT2D eigenvalue weighted by Crippen LogP contribution is -2.43. The highest BCUT2D eigenvalue weighted by Gasteiger charge is 2.14. The summed E-state index contributed by atoms with van der Waals surface area (Å²) in [6.07, 6.45) is 2.08. The Morgan fingerprint density at radius 3 is 2.62 bits per heavy atom. The molecule has 0 fully saturated rings. The highest BCUT2D eigenvalue weighted by molar-refractivity contribution is 5.86. The molecule has 21 heavy (non-hydrogen) atoms. The van der Waals surface area contributed by atoms with Gasteiger partial charge in [-0.3, -0.25) is 4.79 Å². The van der Waals surface area contributed by atoms with Crippen LogP contribution in [-0.4, -0.2) is 29.1 Å². The van der Waals surface area contributed by atoms with Gasteiger partial charge in [-0.15, -0.1) is 0 Å². The molecule has 0 unspecified atom stereocenters. The van der Waals surface area contributed by atoms with Crippen LogP contribution >= 0.6 is 0 Å². The van der Waals surface area contributed by atoms with Gasteiger partial charge in [0.15, 0.2) is 6.61 Å². The van der Waals surface area contributed by atoms with Gasteiger partial charge in [-0.05, 0) is 45.0 Å². The Bertz CT molecular complexity index is 561. The summed E-state index contributed by atoms with van der Waals surface area (Å²) in [5.74, 6) is -1.76. The van der Waals surface area contributed by atoms with Crippen LogP contribution in [0.5, 0.6) is 5.75 Å². The quantitative estimate of drug-likeness (QED) is 0.817. The maximum Gasteiger partial charge on any atom is 0.328 e. The molecular formula is C15H18FNO4. The van der Waals surface area contributed by atoms with E-state index >= 15 is 0 Å². The molecule has 6 heteroatoms. The number of amides is 1. The van der Waals surface area contributed by atoms with Gasteiger partial charge < -0.3 is 15.2 Å². The fourth-order valence-corrected chi connectivity index (χ4v) is 1.54. The van der Waals surface area contributed by atoms with Gasteiger partial charge in [0.2, 0.25) is 0 Å². The topological polar surface area (TPSA) is 75.6 Å². The molecule has 0 bridgehead atoms. The number of nitrogens with one attached hydrogen (secondary N) is 1. The molecule has 2 N–H and O–H groups in total. The van der Waals surface area contributed by atoms with Crippen molar-refractivity contribution in [3.05, 3.63) is 35.7 Å². The van der Waals surface area contributed by atoms with Gasteiger partial charge in [-0.25, -0.2) is 9.18 Å². The van der Waals surface area contributed by atoms with Crippen LogP contribution in [0.4, 0.5) is 4.39 Å². The third-order valence-electron chi connectivity index (χ3n) is 2.25. The Morgan fingerprint density at radius 2 is 2.05 bits per heavy atom. The molecule has 0 spiro atoms. The van der Waals surface area contributed by atoms with E-state index in [1.807, 2.05) is 20.8 Å². The zero-order chi connectivity index (χ0) is 16.0. The van der Waals surface area contributed by atoms with Crippen LogP contribution in [0.25, 0.3) is 6.08 Å². The molecule has 0 saturated heterocycles. The fourth-order valence-electron chi connectivity index (χ4n) is 1.54. The summed E-state index contributed by atoms with van der Waals surface area (Å²) in [5.41, 5.74) is -0.129. The number of carboxylic acid groups (broad SMARTS) is 1. The van der Waals surface area contributed by atoms with Crippen LogP contribution in [0.3, 0.4) is 0 Å². The standard InChI is InChI=1S/C15H18FNO4/c1-15(2,3)17-13(18)9-21-12-6-5-11(16)8-10(12)4-7-14(19)20/h4-8H,9H2,1-3H3,(H,17,18)(H,19,20)/b7-4+. The first-order chi connectivity index (χ1) is 9.67. The Kier molecular flexibility index (Phi) is 5.46. The first-order valence-electron chi connectivity index (χ1n) is 6.32. The van der Waals surface area contributed by atoms with Gasteiger partial charge in [0.05, 0.1) is 0 Å². The van der Waals surface area contributed by atoms with E-state index in [0.29, 0.717) is 0 Å². The monoisotopic (exact) mass is 295 g/mol. The number of ether oxygens (including phenoxy) is 1. The van der Waals surface area contributed by atoms with Crippen LogP contribution in [0.1, 0.15) is 26.3 Å². The molecule has 114 valence electrons. The smallest absolute Gasteiger partial charge is 0.328 e. The second-order valence-electron chi connectivity index (χ2n) is 5.44. The number of aliphatic carboxylic acids is 1. The highest BCUT2D eigenvalue weighted by atomic mass is 19.1. The lowest BCUT2D eigenvalue weighted by Gasteiger charge is -2.20. The van der Waals surface area contributed by atoms with Crippen molar-refractivity contribution < 1.29 is 23.8 Å². The van der Waals surface area contributed by atoms with Crippen LogP contribution in [0.15, 0.2) is 24.3 Å². The molecule has 0 aliphatic rings. The Balaban J connectivity index is 2.79. The number of carbonyl (C=O) groups is 2. The van der Waals surface area contributed by atoms with E-state index in [4.69, 9.17) is 9.84 Å². The largest absolute Gasteiger partial charge is 0.483 e. The van der Waals surface area contributed by atoms with Crippen LogP contribution in [0, 0.1) is 5.82 Å². The second kappa shape index (κ2) is 6.88. The van der Waals surface area contributed by atoms with Gasteiger partial charge in [-0.2, -0.15) is 0 Å². The Labute approximate surface area is 122 Å². The summed E-state index contributed by atoms with van der Waals surface area (Å²) in [6, 6.07) is 3.66. The predicted octanol–water partition coefficient (Wildman–Crippen LogP) is 2.22. The minimum absolute atomic E-state index is 0.234. The number of hydrogen-bond donors (Lipinski definition) is 2. The summed E-state index contributed by atoms with van der Waals surface area (Å²) in [7, 11) is 0. The van der Waals surface area contributed by atoms with E-state index in [9.17, 15) is 14.0 Å². The minimum Gasteiger partial charge on any atom is -0.483 e. The SMILES string of the molecule is CC(C)(C)NC(=O)COc1ccc(F)cc1/C=C/C(=O)O. The number of hydrogen-bond acceptors (Lipinski definition) is 3. The summed E-state index contributed by atoms with van der Waals surface area (Å²) in [4.78, 5) is 22.2. The maximum absolute atomic E-state index is 13.2. The number of carbonyl (C=O) groups excluding carboxylic acids is 1. The lowest BCUT2D eigenvalue weighted by atomic mass is 10.1. The second-order valence-corrected chi connectivity index (χ2v) is 5.44. The average molecular weight is 295 g/mol. The van der Waals surface area contributed by atoms with Crippen molar-refractivity contribution in [1.82, 2.24) is 5.32 Å². The van der Waals surface area contributed by atoms with Crippen LogP contribution in [0.2, 0.25) is 0 Å². The molecule has 5 nitrogen and oxygen atoms in total. The van der Waals surface area contributed by atoms with Gasteiger partial charge in [0.25, 0.3) is 5.91 Å². The van der Waals surface area contributed by atoms with Crippen molar-refractivity contribution in [2.24, 2.45) is 0 Å². The maximum atomic E-state index is 13.2. The van der Waals surface area contributed by atoms with E-state index in [0.717, 1.165) is 12.1 Å². The molecule has 0 aliphatic carbocycles. The van der Waals surface area contributed by atoms with Crippen molar-refractivity contribution in [2.75, 3.05) is 6.61 Å². The Morgan fingerprint density at radius 1 is 1.38 bits per heavy atom.